The van der Waals surface area contributed by atoms with Gasteiger partial charge in [0, 0.05) is 18.6 Å². The summed E-state index contributed by atoms with van der Waals surface area (Å²) < 4.78 is 0. The van der Waals surface area contributed by atoms with Gasteiger partial charge in [-0.25, -0.2) is 0 Å². The van der Waals surface area contributed by atoms with E-state index in [-0.39, 0.29) is 11.1 Å². The SMILES string of the molecule is CC(=O)C(=O)C1=CC=CC(C)(C)C=N1. The number of nitrogens with zero attached hydrogens (tertiary/aromatic N) is 1. The van der Waals surface area contributed by atoms with Gasteiger partial charge in [0.2, 0.25) is 11.6 Å². The summed E-state index contributed by atoms with van der Waals surface area (Å²) in [6.45, 7) is 5.20. The van der Waals surface area contributed by atoms with Crippen molar-refractivity contribution < 1.29 is 9.59 Å². The number of hydrogen-bond donors (Lipinski definition) is 0. The van der Waals surface area contributed by atoms with Crippen molar-refractivity contribution in [1.82, 2.24) is 0 Å². The van der Waals surface area contributed by atoms with E-state index in [1.54, 1.807) is 18.4 Å². The number of aliphatic imine (C=N–C) groups is 1. The van der Waals surface area contributed by atoms with Gasteiger partial charge in [0.15, 0.2) is 0 Å². The molecule has 14 heavy (non-hydrogen) atoms. The van der Waals surface area contributed by atoms with E-state index in [4.69, 9.17) is 0 Å². The van der Waals surface area contributed by atoms with Crippen molar-refractivity contribution >= 4 is 17.8 Å². The Morgan fingerprint density at radius 1 is 1.36 bits per heavy atom. The molecule has 0 bridgehead atoms. The Balaban J connectivity index is 2.96. The minimum absolute atomic E-state index is 0.171. The summed E-state index contributed by atoms with van der Waals surface area (Å²) >= 11 is 0. The summed E-state index contributed by atoms with van der Waals surface area (Å²) in [7, 11) is 0. The molecule has 1 rings (SSSR count). The molecule has 0 radical (unpaired) electrons. The van der Waals surface area contributed by atoms with Gasteiger partial charge in [0.1, 0.15) is 5.70 Å². The molecule has 0 fully saturated rings. The molecule has 0 amide bonds. The fraction of sp³-hybridized carbons (Fsp3) is 0.364. The molecule has 0 N–H and O–H groups in total. The van der Waals surface area contributed by atoms with Crippen molar-refractivity contribution in [3.63, 3.8) is 0 Å². The summed E-state index contributed by atoms with van der Waals surface area (Å²) in [5.74, 6) is -1.02. The molecule has 1 heterocycles. The van der Waals surface area contributed by atoms with E-state index >= 15 is 0 Å². The van der Waals surface area contributed by atoms with E-state index < -0.39 is 11.6 Å². The van der Waals surface area contributed by atoms with Gasteiger partial charge < -0.3 is 0 Å². The third-order valence-corrected chi connectivity index (χ3v) is 1.87. The molecule has 0 spiro atoms. The van der Waals surface area contributed by atoms with Gasteiger partial charge in [-0.05, 0) is 6.08 Å². The number of carbonyl (C=O) groups excluding carboxylic acids is 2. The maximum Gasteiger partial charge on any atom is 0.246 e. The van der Waals surface area contributed by atoms with E-state index in [2.05, 4.69) is 4.99 Å². The van der Waals surface area contributed by atoms with Gasteiger partial charge in [-0.3, -0.25) is 14.6 Å². The van der Waals surface area contributed by atoms with E-state index in [1.807, 2.05) is 19.9 Å². The first-order valence-corrected chi connectivity index (χ1v) is 4.42. The Morgan fingerprint density at radius 3 is 2.57 bits per heavy atom. The van der Waals surface area contributed by atoms with Crippen molar-refractivity contribution in [3.05, 3.63) is 23.9 Å². The van der Waals surface area contributed by atoms with E-state index in [0.717, 1.165) is 0 Å². The van der Waals surface area contributed by atoms with E-state index in [9.17, 15) is 9.59 Å². The summed E-state index contributed by atoms with van der Waals surface area (Å²) in [6, 6.07) is 0. The molecule has 0 unspecified atom stereocenters. The predicted octanol–water partition coefficient (Wildman–Crippen LogP) is 1.70. The van der Waals surface area contributed by atoms with Crippen molar-refractivity contribution in [2.45, 2.75) is 20.8 Å². The topological polar surface area (TPSA) is 46.5 Å². The van der Waals surface area contributed by atoms with Crippen LogP contribution in [0.25, 0.3) is 0 Å². The van der Waals surface area contributed by atoms with Crippen molar-refractivity contribution in [2.75, 3.05) is 0 Å². The molecule has 0 aromatic heterocycles. The standard InChI is InChI=1S/C11H13NO2/c1-8(13)10(14)9-5-4-6-11(2,3)7-12-9/h4-7H,1-3H3. The number of carbonyl (C=O) groups is 2. The van der Waals surface area contributed by atoms with Gasteiger partial charge in [0.25, 0.3) is 0 Å². The first kappa shape index (κ1) is 10.6. The maximum atomic E-state index is 11.3. The van der Waals surface area contributed by atoms with Crippen LogP contribution in [0.3, 0.4) is 0 Å². The third kappa shape index (κ3) is 2.49. The van der Waals surface area contributed by atoms with Crippen LogP contribution >= 0.6 is 0 Å². The number of allylic oxidation sites excluding steroid dienone is 4. The number of Topliss-reactive ketones (excluding diaryl/α,β-unsaturated/α-hetero) is 2. The summed E-state index contributed by atoms with van der Waals surface area (Å²) in [5.41, 5.74) is 0.0364. The van der Waals surface area contributed by atoms with Crippen LogP contribution < -0.4 is 0 Å². The van der Waals surface area contributed by atoms with Crippen molar-refractivity contribution in [3.8, 4) is 0 Å². The zero-order chi connectivity index (χ0) is 10.8. The zero-order valence-electron chi connectivity index (χ0n) is 8.57. The predicted molar refractivity (Wildman–Crippen MR) is 55.2 cm³/mol. The minimum atomic E-state index is -0.538. The fourth-order valence-corrected chi connectivity index (χ4v) is 1.02. The number of ketones is 2. The Morgan fingerprint density at radius 2 is 2.00 bits per heavy atom. The normalized spacial score (nSPS) is 18.6. The Labute approximate surface area is 83.2 Å². The maximum absolute atomic E-state index is 11.3. The highest BCUT2D eigenvalue weighted by molar-refractivity contribution is 6.42. The first-order chi connectivity index (χ1) is 6.42. The second-order valence-corrected chi connectivity index (χ2v) is 3.88. The highest BCUT2D eigenvalue weighted by atomic mass is 16.2. The second-order valence-electron chi connectivity index (χ2n) is 3.88. The van der Waals surface area contributed by atoms with Crippen molar-refractivity contribution in [1.29, 1.82) is 0 Å². The van der Waals surface area contributed by atoms with Crippen LogP contribution in [0.1, 0.15) is 20.8 Å². The molecule has 0 saturated heterocycles. The lowest BCUT2D eigenvalue weighted by Crippen LogP contribution is -2.12. The lowest BCUT2D eigenvalue weighted by Gasteiger charge is -2.10. The molecule has 0 saturated carbocycles. The van der Waals surface area contributed by atoms with Crippen LogP contribution in [0.5, 0.6) is 0 Å². The van der Waals surface area contributed by atoms with Crippen LogP contribution in [0, 0.1) is 5.41 Å². The Kier molecular flexibility index (Phi) is 2.79. The highest BCUT2D eigenvalue weighted by Gasteiger charge is 2.17. The molecule has 74 valence electrons. The van der Waals surface area contributed by atoms with E-state index in [0.29, 0.717) is 0 Å². The zero-order valence-corrected chi connectivity index (χ0v) is 8.57. The Bertz CT molecular complexity index is 359. The molecule has 3 heteroatoms. The van der Waals surface area contributed by atoms with E-state index in [1.165, 1.54) is 6.92 Å². The quantitative estimate of drug-likeness (QED) is 0.623. The fourth-order valence-electron chi connectivity index (χ4n) is 1.02. The molecule has 0 aromatic carbocycles. The number of hydrogen-bond acceptors (Lipinski definition) is 3. The van der Waals surface area contributed by atoms with Crippen LogP contribution in [0.4, 0.5) is 0 Å². The van der Waals surface area contributed by atoms with Gasteiger partial charge in [-0.15, -0.1) is 0 Å². The minimum Gasteiger partial charge on any atom is -0.291 e. The smallest absolute Gasteiger partial charge is 0.246 e. The van der Waals surface area contributed by atoms with Crippen LogP contribution in [-0.4, -0.2) is 17.8 Å². The third-order valence-electron chi connectivity index (χ3n) is 1.87. The lowest BCUT2D eigenvalue weighted by molar-refractivity contribution is -0.133. The molecule has 0 atom stereocenters. The summed E-state index contributed by atoms with van der Waals surface area (Å²) in [5, 5.41) is 0. The lowest BCUT2D eigenvalue weighted by atomic mass is 9.95. The van der Waals surface area contributed by atoms with Crippen LogP contribution in [0.2, 0.25) is 0 Å². The van der Waals surface area contributed by atoms with Gasteiger partial charge in [-0.2, -0.15) is 0 Å². The first-order valence-electron chi connectivity index (χ1n) is 4.42. The number of rotatable bonds is 2. The van der Waals surface area contributed by atoms with Crippen LogP contribution in [-0.2, 0) is 9.59 Å². The summed E-state index contributed by atoms with van der Waals surface area (Å²) in [6.07, 6.45) is 6.91. The molecule has 1 aliphatic heterocycles. The molecular weight excluding hydrogens is 178 g/mol. The second kappa shape index (κ2) is 3.70. The molecule has 0 aliphatic carbocycles. The van der Waals surface area contributed by atoms with Crippen molar-refractivity contribution in [2.24, 2.45) is 10.4 Å². The van der Waals surface area contributed by atoms with Gasteiger partial charge >= 0.3 is 0 Å². The molecule has 0 aromatic rings. The van der Waals surface area contributed by atoms with Gasteiger partial charge in [0.05, 0.1) is 0 Å². The van der Waals surface area contributed by atoms with Crippen LogP contribution in [0.15, 0.2) is 28.9 Å². The summed E-state index contributed by atoms with van der Waals surface area (Å²) in [4.78, 5) is 26.1. The molecule has 1 aliphatic rings. The average molecular weight is 191 g/mol. The molecule has 3 nitrogen and oxygen atoms in total. The Hall–Kier alpha value is -1.51. The monoisotopic (exact) mass is 191 g/mol. The highest BCUT2D eigenvalue weighted by Crippen LogP contribution is 2.18. The largest absolute Gasteiger partial charge is 0.291 e. The van der Waals surface area contributed by atoms with Gasteiger partial charge in [-0.1, -0.05) is 26.0 Å². The molecular formula is C11H13NO2. The average Bonchev–Trinajstić information content (AvgIpc) is 2.25.